The number of ether oxygens (including phenoxy) is 1. The second-order valence-electron chi connectivity index (χ2n) is 4.03. The number of amides is 1. The van der Waals surface area contributed by atoms with Gasteiger partial charge in [-0.25, -0.2) is 0 Å². The SMILES string of the molecule is NC(=O)c1ccc(OCCN(CCO)CCO)cc1. The Morgan fingerprint density at radius 3 is 2.16 bits per heavy atom. The lowest BCUT2D eigenvalue weighted by Gasteiger charge is -2.20. The van der Waals surface area contributed by atoms with Crippen LogP contribution in [0.4, 0.5) is 0 Å². The molecule has 0 aliphatic carbocycles. The van der Waals surface area contributed by atoms with Gasteiger partial charge in [0.25, 0.3) is 0 Å². The molecule has 1 amide bonds. The van der Waals surface area contributed by atoms with E-state index in [0.29, 0.717) is 37.6 Å². The Balaban J connectivity index is 2.37. The minimum atomic E-state index is -0.469. The molecule has 0 aromatic heterocycles. The summed E-state index contributed by atoms with van der Waals surface area (Å²) in [5.74, 6) is 0.182. The Bertz CT molecular complexity index is 375. The Hall–Kier alpha value is -1.63. The van der Waals surface area contributed by atoms with Gasteiger partial charge in [0.05, 0.1) is 13.2 Å². The van der Waals surface area contributed by atoms with Gasteiger partial charge < -0.3 is 20.7 Å². The number of nitrogens with zero attached hydrogens (tertiary/aromatic N) is 1. The minimum Gasteiger partial charge on any atom is -0.492 e. The Labute approximate surface area is 112 Å². The summed E-state index contributed by atoms with van der Waals surface area (Å²) in [4.78, 5) is 12.8. The van der Waals surface area contributed by atoms with Crippen molar-refractivity contribution in [3.63, 3.8) is 0 Å². The maximum Gasteiger partial charge on any atom is 0.248 e. The number of rotatable bonds is 9. The van der Waals surface area contributed by atoms with E-state index >= 15 is 0 Å². The average Bonchev–Trinajstić information content (AvgIpc) is 2.40. The number of carbonyl (C=O) groups is 1. The minimum absolute atomic E-state index is 0.0489. The third-order valence-corrected chi connectivity index (χ3v) is 2.65. The van der Waals surface area contributed by atoms with Gasteiger partial charge in [0.2, 0.25) is 5.91 Å². The fourth-order valence-corrected chi connectivity index (χ4v) is 1.63. The first-order valence-corrected chi connectivity index (χ1v) is 6.14. The topological polar surface area (TPSA) is 96.0 Å². The quantitative estimate of drug-likeness (QED) is 0.558. The number of benzene rings is 1. The molecular formula is C13H20N2O4. The van der Waals surface area contributed by atoms with Crippen LogP contribution in [-0.2, 0) is 0 Å². The molecule has 6 heteroatoms. The molecule has 0 saturated heterocycles. The van der Waals surface area contributed by atoms with Crippen LogP contribution in [0.5, 0.6) is 5.75 Å². The maximum absolute atomic E-state index is 10.9. The summed E-state index contributed by atoms with van der Waals surface area (Å²) in [6.45, 7) is 2.16. The molecule has 19 heavy (non-hydrogen) atoms. The molecule has 0 fully saturated rings. The molecule has 0 aliphatic heterocycles. The normalized spacial score (nSPS) is 10.7. The van der Waals surface area contributed by atoms with Crippen molar-refractivity contribution in [3.8, 4) is 5.75 Å². The van der Waals surface area contributed by atoms with E-state index in [9.17, 15) is 4.79 Å². The van der Waals surface area contributed by atoms with Gasteiger partial charge in [0.15, 0.2) is 0 Å². The molecule has 0 bridgehead atoms. The van der Waals surface area contributed by atoms with Crippen molar-refractivity contribution in [2.75, 3.05) is 39.5 Å². The van der Waals surface area contributed by atoms with E-state index in [2.05, 4.69) is 0 Å². The van der Waals surface area contributed by atoms with Crippen LogP contribution in [0.1, 0.15) is 10.4 Å². The molecule has 0 saturated carbocycles. The first-order chi connectivity index (χ1) is 9.17. The number of aliphatic hydroxyl groups is 2. The third kappa shape index (κ3) is 5.69. The monoisotopic (exact) mass is 268 g/mol. The number of carbonyl (C=O) groups excluding carboxylic acids is 1. The van der Waals surface area contributed by atoms with E-state index in [1.165, 1.54) is 0 Å². The summed E-state index contributed by atoms with van der Waals surface area (Å²) >= 11 is 0. The standard InChI is InChI=1S/C13H20N2O4/c14-13(18)11-1-3-12(4-2-11)19-10-7-15(5-8-16)6-9-17/h1-4,16-17H,5-10H2,(H2,14,18). The van der Waals surface area contributed by atoms with Gasteiger partial charge in [0.1, 0.15) is 12.4 Å². The molecule has 4 N–H and O–H groups in total. The second kappa shape index (κ2) is 8.47. The molecule has 1 aromatic rings. The second-order valence-corrected chi connectivity index (χ2v) is 4.03. The molecule has 1 rings (SSSR count). The predicted octanol–water partition coefficient (Wildman–Crippen LogP) is -0.549. The van der Waals surface area contributed by atoms with Gasteiger partial charge in [-0.3, -0.25) is 9.69 Å². The van der Waals surface area contributed by atoms with Gasteiger partial charge in [0, 0.05) is 25.2 Å². The third-order valence-electron chi connectivity index (χ3n) is 2.65. The number of primary amides is 1. The molecule has 6 nitrogen and oxygen atoms in total. The Kier molecular flexibility index (Phi) is 6.88. The number of aliphatic hydroxyl groups excluding tert-OH is 2. The molecule has 0 radical (unpaired) electrons. The highest BCUT2D eigenvalue weighted by Crippen LogP contribution is 2.11. The zero-order valence-electron chi connectivity index (χ0n) is 10.8. The van der Waals surface area contributed by atoms with Crippen molar-refractivity contribution in [2.24, 2.45) is 5.73 Å². The van der Waals surface area contributed by atoms with E-state index < -0.39 is 5.91 Å². The van der Waals surface area contributed by atoms with Gasteiger partial charge >= 0.3 is 0 Å². The van der Waals surface area contributed by atoms with Crippen molar-refractivity contribution < 1.29 is 19.7 Å². The molecule has 0 unspecified atom stereocenters. The highest BCUT2D eigenvalue weighted by molar-refractivity contribution is 5.92. The van der Waals surface area contributed by atoms with Gasteiger partial charge in [-0.05, 0) is 24.3 Å². The van der Waals surface area contributed by atoms with Gasteiger partial charge in [-0.15, -0.1) is 0 Å². The fraction of sp³-hybridized carbons (Fsp3) is 0.462. The summed E-state index contributed by atoms with van der Waals surface area (Å²) in [5.41, 5.74) is 5.58. The van der Waals surface area contributed by atoms with Crippen molar-refractivity contribution in [3.05, 3.63) is 29.8 Å². The molecule has 106 valence electrons. The molecule has 1 aromatic carbocycles. The van der Waals surface area contributed by atoms with Crippen molar-refractivity contribution in [1.82, 2.24) is 4.90 Å². The zero-order valence-corrected chi connectivity index (χ0v) is 10.8. The summed E-state index contributed by atoms with van der Waals surface area (Å²) in [6, 6.07) is 6.58. The van der Waals surface area contributed by atoms with Crippen LogP contribution in [0, 0.1) is 0 Å². The highest BCUT2D eigenvalue weighted by atomic mass is 16.5. The zero-order chi connectivity index (χ0) is 14.1. The van der Waals surface area contributed by atoms with E-state index in [0.717, 1.165) is 0 Å². The van der Waals surface area contributed by atoms with Crippen LogP contribution < -0.4 is 10.5 Å². The largest absolute Gasteiger partial charge is 0.492 e. The molecule has 0 aliphatic rings. The average molecular weight is 268 g/mol. The molecule has 0 atom stereocenters. The summed E-state index contributed by atoms with van der Waals surface area (Å²) < 4.78 is 5.51. The maximum atomic E-state index is 10.9. The smallest absolute Gasteiger partial charge is 0.248 e. The summed E-state index contributed by atoms with van der Waals surface area (Å²) in [5, 5.41) is 17.7. The first kappa shape index (κ1) is 15.4. The number of nitrogens with two attached hydrogens (primary N) is 1. The lowest BCUT2D eigenvalue weighted by molar-refractivity contribution is 0.1000. The molecule has 0 spiro atoms. The van der Waals surface area contributed by atoms with E-state index in [4.69, 9.17) is 20.7 Å². The van der Waals surface area contributed by atoms with E-state index in [-0.39, 0.29) is 13.2 Å². The van der Waals surface area contributed by atoms with Crippen LogP contribution in [0.25, 0.3) is 0 Å². The van der Waals surface area contributed by atoms with Crippen molar-refractivity contribution >= 4 is 5.91 Å². The first-order valence-electron chi connectivity index (χ1n) is 6.14. The van der Waals surface area contributed by atoms with Gasteiger partial charge in [-0.1, -0.05) is 0 Å². The Morgan fingerprint density at radius 1 is 1.11 bits per heavy atom. The fourth-order valence-electron chi connectivity index (χ4n) is 1.63. The molecule has 0 heterocycles. The van der Waals surface area contributed by atoms with Crippen LogP contribution in [0.2, 0.25) is 0 Å². The predicted molar refractivity (Wildman–Crippen MR) is 71.1 cm³/mol. The van der Waals surface area contributed by atoms with Crippen molar-refractivity contribution in [2.45, 2.75) is 0 Å². The number of hydrogen-bond acceptors (Lipinski definition) is 5. The number of hydrogen-bond donors (Lipinski definition) is 3. The molecular weight excluding hydrogens is 248 g/mol. The van der Waals surface area contributed by atoms with Crippen LogP contribution in [-0.4, -0.2) is 60.5 Å². The Morgan fingerprint density at radius 2 is 1.68 bits per heavy atom. The lowest BCUT2D eigenvalue weighted by Crippen LogP contribution is -2.33. The van der Waals surface area contributed by atoms with E-state index in [1.807, 2.05) is 4.90 Å². The lowest BCUT2D eigenvalue weighted by atomic mass is 10.2. The summed E-state index contributed by atoms with van der Waals surface area (Å²) in [6.07, 6.45) is 0. The van der Waals surface area contributed by atoms with Crippen molar-refractivity contribution in [1.29, 1.82) is 0 Å². The highest BCUT2D eigenvalue weighted by Gasteiger charge is 2.04. The summed E-state index contributed by atoms with van der Waals surface area (Å²) in [7, 11) is 0. The van der Waals surface area contributed by atoms with Crippen LogP contribution in [0.3, 0.4) is 0 Å². The van der Waals surface area contributed by atoms with Gasteiger partial charge in [-0.2, -0.15) is 0 Å². The van der Waals surface area contributed by atoms with Crippen LogP contribution >= 0.6 is 0 Å². The van der Waals surface area contributed by atoms with Crippen LogP contribution in [0.15, 0.2) is 24.3 Å². The van der Waals surface area contributed by atoms with E-state index in [1.54, 1.807) is 24.3 Å².